The number of halogens is 3. The largest absolute Gasteiger partial charge is 0.0985 e. The summed E-state index contributed by atoms with van der Waals surface area (Å²) in [6.07, 6.45) is 7.08. The topological polar surface area (TPSA) is 0 Å². The lowest BCUT2D eigenvalue weighted by atomic mass is 9.56. The molecule has 0 aromatic heterocycles. The first-order valence-electron chi connectivity index (χ1n) is 5.08. The SMILES string of the molecule is BrC12CC3CC(CC(C3)C1(Br)Br)C2. The highest BCUT2D eigenvalue weighted by molar-refractivity contribution is 9.26. The van der Waals surface area contributed by atoms with Crippen LogP contribution in [0.15, 0.2) is 0 Å². The van der Waals surface area contributed by atoms with Crippen molar-refractivity contribution in [2.24, 2.45) is 17.8 Å². The van der Waals surface area contributed by atoms with E-state index in [0.717, 1.165) is 17.8 Å². The highest BCUT2D eigenvalue weighted by atomic mass is 79.9. The molecule has 4 fully saturated rings. The molecule has 4 aliphatic rings. The van der Waals surface area contributed by atoms with E-state index in [0.29, 0.717) is 4.32 Å². The Morgan fingerprint density at radius 2 is 1.38 bits per heavy atom. The minimum absolute atomic E-state index is 0.181. The van der Waals surface area contributed by atoms with Gasteiger partial charge in [0.15, 0.2) is 0 Å². The summed E-state index contributed by atoms with van der Waals surface area (Å²) in [6.45, 7) is 0. The first-order valence-corrected chi connectivity index (χ1v) is 7.46. The van der Waals surface area contributed by atoms with Gasteiger partial charge in [-0.2, -0.15) is 0 Å². The van der Waals surface area contributed by atoms with E-state index in [1.807, 2.05) is 0 Å². The summed E-state index contributed by atoms with van der Waals surface area (Å²) >= 11 is 11.8. The quantitative estimate of drug-likeness (QED) is 0.551. The number of alkyl halides is 3. The summed E-state index contributed by atoms with van der Waals surface area (Å²) in [7, 11) is 0. The average Bonchev–Trinajstić information content (AvgIpc) is 1.99. The maximum atomic E-state index is 3.99. The monoisotopic (exact) mass is 370 g/mol. The first kappa shape index (κ1) is 9.65. The number of hydrogen-bond acceptors (Lipinski definition) is 0. The third kappa shape index (κ3) is 1.19. The molecule has 2 unspecified atom stereocenters. The minimum atomic E-state index is 0.181. The van der Waals surface area contributed by atoms with Gasteiger partial charge in [-0.25, -0.2) is 0 Å². The van der Waals surface area contributed by atoms with Crippen LogP contribution in [0.25, 0.3) is 0 Å². The van der Waals surface area contributed by atoms with E-state index in [-0.39, 0.29) is 3.23 Å². The Hall–Kier alpha value is 1.44. The van der Waals surface area contributed by atoms with Gasteiger partial charge in [-0.3, -0.25) is 0 Å². The molecule has 4 rings (SSSR count). The Balaban J connectivity index is 2.03. The summed E-state index contributed by atoms with van der Waals surface area (Å²) in [5.41, 5.74) is 0. The zero-order valence-corrected chi connectivity index (χ0v) is 12.2. The summed E-state index contributed by atoms with van der Waals surface area (Å²) in [6, 6.07) is 0. The minimum Gasteiger partial charge on any atom is -0.0828 e. The molecule has 0 saturated heterocycles. The van der Waals surface area contributed by atoms with E-state index in [1.54, 1.807) is 0 Å². The third-order valence-electron chi connectivity index (χ3n) is 4.24. The van der Waals surface area contributed by atoms with E-state index < -0.39 is 0 Å². The molecule has 0 heterocycles. The third-order valence-corrected chi connectivity index (χ3v) is 9.39. The average molecular weight is 373 g/mol. The lowest BCUT2D eigenvalue weighted by Crippen LogP contribution is -2.59. The van der Waals surface area contributed by atoms with Crippen molar-refractivity contribution >= 4 is 47.8 Å². The van der Waals surface area contributed by atoms with Crippen LogP contribution in [-0.4, -0.2) is 7.56 Å². The van der Waals surface area contributed by atoms with Crippen LogP contribution in [0, 0.1) is 17.8 Å². The predicted molar refractivity (Wildman–Crippen MR) is 65.8 cm³/mol. The summed E-state index contributed by atoms with van der Waals surface area (Å²) in [5, 5.41) is 0. The predicted octanol–water partition coefficient (Wildman–Crippen LogP) is 4.45. The van der Waals surface area contributed by atoms with Gasteiger partial charge < -0.3 is 0 Å². The van der Waals surface area contributed by atoms with Crippen LogP contribution < -0.4 is 0 Å². The maximum absolute atomic E-state index is 3.99. The standard InChI is InChI=1S/C10H13Br3/c11-9-4-6-1-7(5-9)3-8(2-6)10(9,12)13/h6-8H,1-5H2. The van der Waals surface area contributed by atoms with Crippen LogP contribution in [0.1, 0.15) is 32.1 Å². The zero-order valence-electron chi connectivity index (χ0n) is 7.40. The second kappa shape index (κ2) is 2.76. The van der Waals surface area contributed by atoms with Crippen LogP contribution in [-0.2, 0) is 0 Å². The second-order valence-corrected chi connectivity index (χ2v) is 10.2. The van der Waals surface area contributed by atoms with Crippen molar-refractivity contribution in [3.63, 3.8) is 0 Å². The van der Waals surface area contributed by atoms with Crippen LogP contribution >= 0.6 is 47.8 Å². The van der Waals surface area contributed by atoms with Gasteiger partial charge in [0.2, 0.25) is 0 Å². The maximum Gasteiger partial charge on any atom is 0.0985 e. The van der Waals surface area contributed by atoms with Gasteiger partial charge in [0, 0.05) is 0 Å². The fraction of sp³-hybridized carbons (Fsp3) is 1.00. The van der Waals surface area contributed by atoms with E-state index in [1.165, 1.54) is 32.1 Å². The number of rotatable bonds is 0. The smallest absolute Gasteiger partial charge is 0.0828 e. The fourth-order valence-electron chi connectivity index (χ4n) is 3.83. The van der Waals surface area contributed by atoms with Crippen LogP contribution in [0.5, 0.6) is 0 Å². The van der Waals surface area contributed by atoms with Gasteiger partial charge in [-0.1, -0.05) is 47.8 Å². The summed E-state index contributed by atoms with van der Waals surface area (Å²) < 4.78 is 0.523. The van der Waals surface area contributed by atoms with Crippen molar-refractivity contribution in [1.29, 1.82) is 0 Å². The van der Waals surface area contributed by atoms with E-state index in [2.05, 4.69) is 47.8 Å². The molecule has 0 aliphatic heterocycles. The fourth-order valence-corrected chi connectivity index (χ4v) is 6.47. The molecule has 0 spiro atoms. The molecule has 0 aromatic carbocycles. The number of hydrogen-bond donors (Lipinski definition) is 0. The van der Waals surface area contributed by atoms with Crippen molar-refractivity contribution in [2.45, 2.75) is 39.7 Å². The lowest BCUT2D eigenvalue weighted by molar-refractivity contribution is 0.0416. The molecule has 4 bridgehead atoms. The van der Waals surface area contributed by atoms with Crippen molar-refractivity contribution in [1.82, 2.24) is 0 Å². The molecule has 4 aliphatic carbocycles. The molecule has 13 heavy (non-hydrogen) atoms. The Morgan fingerprint density at radius 1 is 0.846 bits per heavy atom. The highest BCUT2D eigenvalue weighted by Gasteiger charge is 2.62. The van der Waals surface area contributed by atoms with Crippen molar-refractivity contribution < 1.29 is 0 Å². The van der Waals surface area contributed by atoms with Crippen molar-refractivity contribution in [3.05, 3.63) is 0 Å². The van der Waals surface area contributed by atoms with Gasteiger partial charge in [-0.15, -0.1) is 0 Å². The van der Waals surface area contributed by atoms with Crippen molar-refractivity contribution in [2.75, 3.05) is 0 Å². The molecule has 74 valence electrons. The van der Waals surface area contributed by atoms with Crippen LogP contribution in [0.4, 0.5) is 0 Å². The van der Waals surface area contributed by atoms with Crippen LogP contribution in [0.3, 0.4) is 0 Å². The van der Waals surface area contributed by atoms with E-state index >= 15 is 0 Å². The van der Waals surface area contributed by atoms with Crippen molar-refractivity contribution in [3.8, 4) is 0 Å². The summed E-state index contributed by atoms with van der Waals surface area (Å²) in [5.74, 6) is 2.85. The highest BCUT2D eigenvalue weighted by Crippen LogP contribution is 2.68. The molecule has 2 atom stereocenters. The molecular weight excluding hydrogens is 360 g/mol. The molecule has 0 amide bonds. The second-order valence-electron chi connectivity index (χ2n) is 5.13. The molecule has 0 radical (unpaired) electrons. The van der Waals surface area contributed by atoms with Gasteiger partial charge in [0.25, 0.3) is 0 Å². The molecule has 0 N–H and O–H groups in total. The molecular formula is C10H13Br3. The Bertz CT molecular complexity index is 235. The van der Waals surface area contributed by atoms with Crippen LogP contribution in [0.2, 0.25) is 0 Å². The normalized spacial score (nSPS) is 57.0. The summed E-state index contributed by atoms with van der Waals surface area (Å²) in [4.78, 5) is 0. The Labute approximate surface area is 105 Å². The molecule has 4 saturated carbocycles. The molecule has 0 aromatic rings. The molecule has 0 nitrogen and oxygen atoms in total. The van der Waals surface area contributed by atoms with Gasteiger partial charge in [0.1, 0.15) is 0 Å². The van der Waals surface area contributed by atoms with Gasteiger partial charge in [-0.05, 0) is 49.9 Å². The van der Waals surface area contributed by atoms with Gasteiger partial charge >= 0.3 is 0 Å². The molecule has 3 heteroatoms. The van der Waals surface area contributed by atoms with Gasteiger partial charge in [0.05, 0.1) is 7.56 Å². The van der Waals surface area contributed by atoms with E-state index in [4.69, 9.17) is 0 Å². The lowest BCUT2D eigenvalue weighted by Gasteiger charge is -2.61. The van der Waals surface area contributed by atoms with E-state index in [9.17, 15) is 0 Å². The zero-order chi connectivity index (χ0) is 9.27. The first-order chi connectivity index (χ1) is 6.01. The Morgan fingerprint density at radius 3 is 1.85 bits per heavy atom. The Kier molecular flexibility index (Phi) is 2.05.